The van der Waals surface area contributed by atoms with Crippen molar-refractivity contribution >= 4 is 17.1 Å². The van der Waals surface area contributed by atoms with Gasteiger partial charge >= 0.3 is 0 Å². The first-order chi connectivity index (χ1) is 10.0. The highest BCUT2D eigenvalue weighted by Gasteiger charge is 2.06. The van der Waals surface area contributed by atoms with Crippen LogP contribution in [-0.4, -0.2) is 12.0 Å². The Morgan fingerprint density at radius 3 is 2.10 bits per heavy atom. The highest BCUT2D eigenvalue weighted by atomic mass is 16.6. The van der Waals surface area contributed by atoms with Crippen LogP contribution in [0.4, 0.5) is 17.1 Å². The zero-order valence-corrected chi connectivity index (χ0v) is 12.0. The Kier molecular flexibility index (Phi) is 4.27. The first-order valence-electron chi connectivity index (χ1n) is 6.32. The minimum absolute atomic E-state index is 0.0331. The van der Waals surface area contributed by atoms with E-state index in [0.29, 0.717) is 5.69 Å². The summed E-state index contributed by atoms with van der Waals surface area (Å²) >= 11 is 0. The summed E-state index contributed by atoms with van der Waals surface area (Å²) < 4.78 is 5.19. The van der Waals surface area contributed by atoms with Gasteiger partial charge in [0.2, 0.25) is 0 Å². The van der Waals surface area contributed by atoms with Crippen LogP contribution in [0, 0.1) is 24.0 Å². The minimum Gasteiger partial charge on any atom is -0.497 e. The molecule has 0 aromatic heterocycles. The first kappa shape index (κ1) is 14.6. The molecule has 2 aromatic carbocycles. The Bertz CT molecular complexity index is 671. The molecule has 108 valence electrons. The predicted molar refractivity (Wildman–Crippen MR) is 79.7 cm³/mol. The monoisotopic (exact) mass is 285 g/mol. The molecule has 0 saturated heterocycles. The molecule has 0 N–H and O–H groups in total. The summed E-state index contributed by atoms with van der Waals surface area (Å²) in [5, 5.41) is 18.9. The lowest BCUT2D eigenvalue weighted by Crippen LogP contribution is -1.87. The maximum Gasteiger partial charge on any atom is 0.269 e. The smallest absolute Gasteiger partial charge is 0.269 e. The van der Waals surface area contributed by atoms with Crippen molar-refractivity contribution in [2.24, 2.45) is 10.2 Å². The third kappa shape index (κ3) is 3.42. The minimum atomic E-state index is -0.446. The lowest BCUT2D eigenvalue weighted by atomic mass is 10.1. The summed E-state index contributed by atoms with van der Waals surface area (Å²) in [7, 11) is 1.62. The number of benzene rings is 2. The Morgan fingerprint density at radius 1 is 1.05 bits per heavy atom. The molecule has 2 aromatic rings. The maximum absolute atomic E-state index is 10.6. The van der Waals surface area contributed by atoms with Gasteiger partial charge in [0, 0.05) is 12.1 Å². The third-order valence-corrected chi connectivity index (χ3v) is 3.03. The fourth-order valence-electron chi connectivity index (χ4n) is 1.94. The number of nitrogens with zero attached hydrogens (tertiary/aromatic N) is 3. The molecule has 0 amide bonds. The Labute approximate surface area is 122 Å². The molecule has 0 fully saturated rings. The van der Waals surface area contributed by atoms with Crippen LogP contribution in [0.1, 0.15) is 11.1 Å². The van der Waals surface area contributed by atoms with Crippen molar-refractivity contribution in [3.63, 3.8) is 0 Å². The van der Waals surface area contributed by atoms with Crippen molar-refractivity contribution in [2.75, 3.05) is 7.11 Å². The van der Waals surface area contributed by atoms with E-state index in [0.717, 1.165) is 22.6 Å². The lowest BCUT2D eigenvalue weighted by Gasteiger charge is -2.07. The number of methoxy groups -OCH3 is 1. The number of aryl methyl sites for hydroxylation is 2. The number of nitro benzene ring substituents is 1. The number of azo groups is 1. The lowest BCUT2D eigenvalue weighted by molar-refractivity contribution is -0.384. The molecule has 0 aliphatic heterocycles. The second kappa shape index (κ2) is 6.13. The first-order valence-corrected chi connectivity index (χ1v) is 6.32. The quantitative estimate of drug-likeness (QED) is 0.466. The van der Waals surface area contributed by atoms with Crippen LogP contribution in [-0.2, 0) is 0 Å². The van der Waals surface area contributed by atoms with Crippen molar-refractivity contribution in [1.29, 1.82) is 0 Å². The van der Waals surface area contributed by atoms with Crippen LogP contribution in [0.3, 0.4) is 0 Å². The van der Waals surface area contributed by atoms with Crippen molar-refractivity contribution < 1.29 is 9.66 Å². The van der Waals surface area contributed by atoms with E-state index in [2.05, 4.69) is 10.2 Å². The van der Waals surface area contributed by atoms with E-state index in [9.17, 15) is 10.1 Å². The Balaban J connectivity index is 2.27. The molecule has 0 saturated carbocycles. The molecular weight excluding hydrogens is 270 g/mol. The van der Waals surface area contributed by atoms with Crippen molar-refractivity contribution in [2.45, 2.75) is 13.8 Å². The van der Waals surface area contributed by atoms with E-state index in [4.69, 9.17) is 4.74 Å². The van der Waals surface area contributed by atoms with Crippen LogP contribution in [0.5, 0.6) is 5.75 Å². The second-order valence-electron chi connectivity index (χ2n) is 4.58. The highest BCUT2D eigenvalue weighted by Crippen LogP contribution is 2.30. The summed E-state index contributed by atoms with van der Waals surface area (Å²) in [6.45, 7) is 3.86. The van der Waals surface area contributed by atoms with Crippen LogP contribution in [0.15, 0.2) is 46.6 Å². The summed E-state index contributed by atoms with van der Waals surface area (Å²) in [4.78, 5) is 10.1. The Morgan fingerprint density at radius 2 is 1.62 bits per heavy atom. The predicted octanol–water partition coefficient (Wildman–Crippen LogP) is 4.64. The molecule has 0 aliphatic carbocycles. The van der Waals surface area contributed by atoms with Crippen molar-refractivity contribution in [1.82, 2.24) is 0 Å². The van der Waals surface area contributed by atoms with Crippen molar-refractivity contribution in [3.05, 3.63) is 57.6 Å². The number of ether oxygens (including phenoxy) is 1. The van der Waals surface area contributed by atoms with Gasteiger partial charge in [0.25, 0.3) is 5.69 Å². The fourth-order valence-corrected chi connectivity index (χ4v) is 1.94. The topological polar surface area (TPSA) is 77.1 Å². The van der Waals surface area contributed by atoms with Gasteiger partial charge in [0.1, 0.15) is 5.75 Å². The molecule has 0 atom stereocenters. The molecule has 0 heterocycles. The molecule has 6 heteroatoms. The van der Waals surface area contributed by atoms with Crippen LogP contribution in [0.2, 0.25) is 0 Å². The SMILES string of the molecule is COc1cc(C)c(N=Nc2ccc([N+](=O)[O-])cc2)c(C)c1. The van der Waals surface area contributed by atoms with Gasteiger partial charge in [0.05, 0.1) is 23.4 Å². The van der Waals surface area contributed by atoms with E-state index < -0.39 is 4.92 Å². The Hall–Kier alpha value is -2.76. The summed E-state index contributed by atoms with van der Waals surface area (Å²) in [5.41, 5.74) is 3.28. The molecule has 0 spiro atoms. The average molecular weight is 285 g/mol. The largest absolute Gasteiger partial charge is 0.497 e. The van der Waals surface area contributed by atoms with E-state index in [1.54, 1.807) is 19.2 Å². The normalized spacial score (nSPS) is 10.8. The molecule has 0 unspecified atom stereocenters. The number of hydrogen-bond acceptors (Lipinski definition) is 5. The average Bonchev–Trinajstić information content (AvgIpc) is 2.46. The van der Waals surface area contributed by atoms with Crippen LogP contribution in [0.25, 0.3) is 0 Å². The van der Waals surface area contributed by atoms with Gasteiger partial charge in [-0.1, -0.05) is 0 Å². The fraction of sp³-hybridized carbons (Fsp3) is 0.200. The van der Waals surface area contributed by atoms with Gasteiger partial charge in [-0.15, -0.1) is 0 Å². The summed E-state index contributed by atoms with van der Waals surface area (Å²) in [6.07, 6.45) is 0. The number of hydrogen-bond donors (Lipinski definition) is 0. The molecule has 0 aliphatic rings. The highest BCUT2D eigenvalue weighted by molar-refractivity contribution is 5.55. The van der Waals surface area contributed by atoms with Gasteiger partial charge in [-0.2, -0.15) is 10.2 Å². The van der Waals surface area contributed by atoms with Gasteiger partial charge < -0.3 is 4.74 Å². The van der Waals surface area contributed by atoms with Gasteiger partial charge in [0.15, 0.2) is 0 Å². The molecular formula is C15H15N3O3. The second-order valence-corrected chi connectivity index (χ2v) is 4.58. The summed E-state index contributed by atoms with van der Waals surface area (Å²) in [5.74, 6) is 0.777. The zero-order chi connectivity index (χ0) is 15.4. The van der Waals surface area contributed by atoms with Crippen molar-refractivity contribution in [3.8, 4) is 5.75 Å². The maximum atomic E-state index is 10.6. The summed E-state index contributed by atoms with van der Waals surface area (Å²) in [6, 6.07) is 9.71. The number of nitro groups is 1. The molecule has 0 radical (unpaired) electrons. The van der Waals surface area contributed by atoms with E-state index in [1.165, 1.54) is 12.1 Å². The number of rotatable bonds is 4. The van der Waals surface area contributed by atoms with E-state index in [-0.39, 0.29) is 5.69 Å². The van der Waals surface area contributed by atoms with Crippen LogP contribution >= 0.6 is 0 Å². The zero-order valence-electron chi connectivity index (χ0n) is 12.0. The van der Waals surface area contributed by atoms with Gasteiger partial charge in [-0.25, -0.2) is 0 Å². The van der Waals surface area contributed by atoms with Gasteiger partial charge in [-0.3, -0.25) is 10.1 Å². The molecule has 2 rings (SSSR count). The van der Waals surface area contributed by atoms with Crippen LogP contribution < -0.4 is 4.74 Å². The van der Waals surface area contributed by atoms with Gasteiger partial charge in [-0.05, 0) is 49.2 Å². The molecule has 21 heavy (non-hydrogen) atoms. The molecule has 0 bridgehead atoms. The van der Waals surface area contributed by atoms with E-state index in [1.807, 2.05) is 26.0 Å². The number of non-ortho nitro benzene ring substituents is 1. The standard InChI is InChI=1S/C15H15N3O3/c1-10-8-14(21-3)9-11(2)15(10)17-16-12-4-6-13(7-5-12)18(19)20/h4-9H,1-3H3. The molecule has 6 nitrogen and oxygen atoms in total. The third-order valence-electron chi connectivity index (χ3n) is 3.03. The van der Waals surface area contributed by atoms with E-state index >= 15 is 0 Å².